The number of nitrogens with zero attached hydrogens (tertiary/aromatic N) is 1. The molecule has 0 aliphatic rings. The molecule has 0 aliphatic heterocycles. The number of hydrogen-bond acceptors (Lipinski definition) is 2. The second kappa shape index (κ2) is 10.6. The van der Waals surface area contributed by atoms with Crippen molar-refractivity contribution in [1.29, 1.82) is 0 Å². The Morgan fingerprint density at radius 1 is 1.00 bits per heavy atom. The first-order chi connectivity index (χ1) is 10.2. The van der Waals surface area contributed by atoms with Crippen LogP contribution in [0.5, 0.6) is 0 Å². The molecule has 3 heteroatoms. The van der Waals surface area contributed by atoms with Gasteiger partial charge in [0.05, 0.1) is 5.69 Å². The maximum absolute atomic E-state index is 14.4. The second-order valence-electron chi connectivity index (χ2n) is 5.62. The Balaban J connectivity index is 2.91. The molecule has 21 heavy (non-hydrogen) atoms. The van der Waals surface area contributed by atoms with E-state index in [-0.39, 0.29) is 5.82 Å². The highest BCUT2D eigenvalue weighted by molar-refractivity contribution is 5.55. The zero-order valence-corrected chi connectivity index (χ0v) is 13.9. The highest BCUT2D eigenvalue weighted by Crippen LogP contribution is 2.25. The van der Waals surface area contributed by atoms with Gasteiger partial charge in [-0.1, -0.05) is 45.7 Å². The third-order valence-electron chi connectivity index (χ3n) is 3.69. The van der Waals surface area contributed by atoms with Crippen LogP contribution in [0, 0.1) is 5.82 Å². The van der Waals surface area contributed by atoms with Crippen LogP contribution in [-0.4, -0.2) is 19.6 Å². The second-order valence-corrected chi connectivity index (χ2v) is 5.62. The van der Waals surface area contributed by atoms with Crippen LogP contribution in [-0.2, 0) is 6.54 Å². The molecule has 0 heterocycles. The smallest absolute Gasteiger partial charge is 0.146 e. The van der Waals surface area contributed by atoms with Crippen LogP contribution < -0.4 is 10.2 Å². The molecular weight excluding hydrogens is 263 g/mol. The van der Waals surface area contributed by atoms with Crippen molar-refractivity contribution in [2.75, 3.05) is 24.5 Å². The van der Waals surface area contributed by atoms with Gasteiger partial charge in [0.1, 0.15) is 5.82 Å². The van der Waals surface area contributed by atoms with Crippen LogP contribution >= 0.6 is 0 Å². The molecule has 1 rings (SSSR count). The first kappa shape index (κ1) is 18.0. The number of hydrogen-bond donors (Lipinski definition) is 1. The molecule has 120 valence electrons. The Hall–Kier alpha value is -1.09. The fourth-order valence-electron chi connectivity index (χ4n) is 2.49. The molecule has 0 saturated carbocycles. The molecule has 0 aromatic heterocycles. The lowest BCUT2D eigenvalue weighted by atomic mass is 10.1. The van der Waals surface area contributed by atoms with Crippen LogP contribution in [0.3, 0.4) is 0 Å². The van der Waals surface area contributed by atoms with Crippen molar-refractivity contribution in [3.05, 3.63) is 29.6 Å². The molecule has 0 unspecified atom stereocenters. The van der Waals surface area contributed by atoms with E-state index < -0.39 is 0 Å². The highest BCUT2D eigenvalue weighted by atomic mass is 19.1. The fourth-order valence-corrected chi connectivity index (χ4v) is 2.49. The number of nitrogens with one attached hydrogen (secondary N) is 1. The summed E-state index contributed by atoms with van der Waals surface area (Å²) >= 11 is 0. The lowest BCUT2D eigenvalue weighted by Crippen LogP contribution is -2.28. The number of unbranched alkanes of at least 4 members (excludes halogenated alkanes) is 2. The van der Waals surface area contributed by atoms with E-state index in [9.17, 15) is 4.39 Å². The lowest BCUT2D eigenvalue weighted by molar-refractivity contribution is 0.595. The fraction of sp³-hybridized carbons (Fsp3) is 0.667. The van der Waals surface area contributed by atoms with Crippen LogP contribution in [0.2, 0.25) is 0 Å². The Kier molecular flexibility index (Phi) is 9.07. The van der Waals surface area contributed by atoms with Gasteiger partial charge in [-0.25, -0.2) is 4.39 Å². The first-order valence-electron chi connectivity index (χ1n) is 8.47. The molecular formula is C18H31FN2. The van der Waals surface area contributed by atoms with Crippen LogP contribution in [0.25, 0.3) is 0 Å². The zero-order chi connectivity index (χ0) is 15.5. The summed E-state index contributed by atoms with van der Waals surface area (Å²) in [5, 5.41) is 3.39. The van der Waals surface area contributed by atoms with Crippen molar-refractivity contribution < 1.29 is 4.39 Å². The Morgan fingerprint density at radius 3 is 2.24 bits per heavy atom. The molecule has 0 atom stereocenters. The van der Waals surface area contributed by atoms with E-state index in [4.69, 9.17) is 0 Å². The minimum absolute atomic E-state index is 0.0852. The maximum atomic E-state index is 14.4. The molecule has 0 spiro atoms. The molecule has 2 nitrogen and oxygen atoms in total. The third-order valence-corrected chi connectivity index (χ3v) is 3.69. The van der Waals surface area contributed by atoms with E-state index in [2.05, 4.69) is 31.0 Å². The highest BCUT2D eigenvalue weighted by Gasteiger charge is 2.15. The van der Waals surface area contributed by atoms with Crippen LogP contribution in [0.4, 0.5) is 10.1 Å². The minimum Gasteiger partial charge on any atom is -0.369 e. The van der Waals surface area contributed by atoms with E-state index in [1.54, 1.807) is 6.07 Å². The number of rotatable bonds is 11. The summed E-state index contributed by atoms with van der Waals surface area (Å²) in [6, 6.07) is 5.45. The molecule has 1 aromatic rings. The number of benzene rings is 1. The first-order valence-corrected chi connectivity index (χ1v) is 8.47. The maximum Gasteiger partial charge on any atom is 0.146 e. The SMILES string of the molecule is CCCCN(CCCC)c1c(F)cccc1CNCCC. The van der Waals surface area contributed by atoms with Gasteiger partial charge in [0.2, 0.25) is 0 Å². The quantitative estimate of drug-likeness (QED) is 0.593. The standard InChI is InChI=1S/C18H31FN2/c1-4-7-13-21(14-8-5-2)18-16(15-20-12-6-3)10-9-11-17(18)19/h9-11,20H,4-8,12-15H2,1-3H3. The van der Waals surface area contributed by atoms with Gasteiger partial charge in [-0.2, -0.15) is 0 Å². The summed E-state index contributed by atoms with van der Waals surface area (Å²) in [5.74, 6) is -0.0852. The van der Waals surface area contributed by atoms with Gasteiger partial charge in [0, 0.05) is 19.6 Å². The molecule has 1 N–H and O–H groups in total. The Morgan fingerprint density at radius 2 is 1.67 bits per heavy atom. The molecule has 0 radical (unpaired) electrons. The average Bonchev–Trinajstić information content (AvgIpc) is 2.49. The van der Waals surface area contributed by atoms with Crippen molar-refractivity contribution in [3.8, 4) is 0 Å². The largest absolute Gasteiger partial charge is 0.369 e. The molecule has 0 fully saturated rings. The predicted molar refractivity (Wildman–Crippen MR) is 90.4 cm³/mol. The molecule has 1 aromatic carbocycles. The van der Waals surface area contributed by atoms with Gasteiger partial charge in [-0.3, -0.25) is 0 Å². The summed E-state index contributed by atoms with van der Waals surface area (Å²) in [6.45, 7) is 10.1. The Bertz CT molecular complexity index is 385. The molecule has 0 aliphatic carbocycles. The molecule has 0 amide bonds. The molecule has 0 bridgehead atoms. The van der Waals surface area contributed by atoms with Crippen LogP contribution in [0.15, 0.2) is 18.2 Å². The van der Waals surface area contributed by atoms with Crippen molar-refractivity contribution in [2.24, 2.45) is 0 Å². The van der Waals surface area contributed by atoms with Gasteiger partial charge >= 0.3 is 0 Å². The van der Waals surface area contributed by atoms with E-state index >= 15 is 0 Å². The third kappa shape index (κ3) is 6.04. The summed E-state index contributed by atoms with van der Waals surface area (Å²) in [4.78, 5) is 2.24. The van der Waals surface area contributed by atoms with E-state index in [0.717, 1.165) is 69.5 Å². The Labute approximate surface area is 129 Å². The van der Waals surface area contributed by atoms with Gasteiger partial charge in [0.25, 0.3) is 0 Å². The van der Waals surface area contributed by atoms with E-state index in [0.29, 0.717) is 0 Å². The van der Waals surface area contributed by atoms with Crippen molar-refractivity contribution >= 4 is 5.69 Å². The van der Waals surface area contributed by atoms with E-state index in [1.807, 2.05) is 12.1 Å². The van der Waals surface area contributed by atoms with Crippen molar-refractivity contribution in [2.45, 2.75) is 59.4 Å². The van der Waals surface area contributed by atoms with Crippen molar-refractivity contribution in [1.82, 2.24) is 5.32 Å². The van der Waals surface area contributed by atoms with Gasteiger partial charge in [-0.05, 0) is 37.4 Å². The van der Waals surface area contributed by atoms with Gasteiger partial charge in [-0.15, -0.1) is 0 Å². The van der Waals surface area contributed by atoms with Gasteiger partial charge < -0.3 is 10.2 Å². The monoisotopic (exact) mass is 294 g/mol. The summed E-state index contributed by atoms with van der Waals surface area (Å²) < 4.78 is 14.4. The topological polar surface area (TPSA) is 15.3 Å². The molecule has 0 saturated heterocycles. The summed E-state index contributed by atoms with van der Waals surface area (Å²) in [5.41, 5.74) is 1.89. The minimum atomic E-state index is -0.0852. The van der Waals surface area contributed by atoms with Gasteiger partial charge in [0.15, 0.2) is 0 Å². The summed E-state index contributed by atoms with van der Waals surface area (Å²) in [6.07, 6.45) is 5.60. The lowest BCUT2D eigenvalue weighted by Gasteiger charge is -2.27. The predicted octanol–water partition coefficient (Wildman–Crippen LogP) is 4.73. The average molecular weight is 294 g/mol. The number of para-hydroxylation sites is 1. The zero-order valence-electron chi connectivity index (χ0n) is 13.9. The number of halogens is 1. The van der Waals surface area contributed by atoms with E-state index in [1.165, 1.54) is 0 Å². The number of anilines is 1. The normalized spacial score (nSPS) is 10.9. The van der Waals surface area contributed by atoms with Crippen molar-refractivity contribution in [3.63, 3.8) is 0 Å². The van der Waals surface area contributed by atoms with Crippen LogP contribution in [0.1, 0.15) is 58.4 Å². The summed E-state index contributed by atoms with van der Waals surface area (Å²) in [7, 11) is 0.